The number of para-hydroxylation sites is 1. The maximum atomic E-state index is 11.3. The SMILES string of the molecule is N#Cc1ccnc(Oc2ccccc2C(N)=O)c1N. The molecule has 6 nitrogen and oxygen atoms in total. The van der Waals surface area contributed by atoms with Gasteiger partial charge in [0.25, 0.3) is 5.91 Å². The molecule has 0 aliphatic rings. The lowest BCUT2D eigenvalue weighted by Crippen LogP contribution is -2.12. The largest absolute Gasteiger partial charge is 0.436 e. The van der Waals surface area contributed by atoms with Gasteiger partial charge < -0.3 is 16.2 Å². The van der Waals surface area contributed by atoms with Gasteiger partial charge in [0.2, 0.25) is 5.88 Å². The summed E-state index contributed by atoms with van der Waals surface area (Å²) < 4.78 is 5.46. The number of primary amides is 1. The fraction of sp³-hybridized carbons (Fsp3) is 0. The van der Waals surface area contributed by atoms with Gasteiger partial charge in [0.1, 0.15) is 17.5 Å². The summed E-state index contributed by atoms with van der Waals surface area (Å²) in [6, 6.07) is 9.84. The van der Waals surface area contributed by atoms with Gasteiger partial charge in [-0.15, -0.1) is 0 Å². The van der Waals surface area contributed by atoms with Crippen LogP contribution < -0.4 is 16.2 Å². The van der Waals surface area contributed by atoms with E-state index in [1.807, 2.05) is 6.07 Å². The minimum atomic E-state index is -0.620. The van der Waals surface area contributed by atoms with Gasteiger partial charge >= 0.3 is 0 Å². The van der Waals surface area contributed by atoms with E-state index in [2.05, 4.69) is 4.98 Å². The number of aromatic nitrogens is 1. The van der Waals surface area contributed by atoms with E-state index in [1.165, 1.54) is 18.3 Å². The van der Waals surface area contributed by atoms with E-state index in [4.69, 9.17) is 21.5 Å². The van der Waals surface area contributed by atoms with Crippen LogP contribution in [0.5, 0.6) is 11.6 Å². The molecule has 0 atom stereocenters. The van der Waals surface area contributed by atoms with E-state index >= 15 is 0 Å². The van der Waals surface area contributed by atoms with Crippen molar-refractivity contribution >= 4 is 11.6 Å². The number of hydrogen-bond donors (Lipinski definition) is 2. The van der Waals surface area contributed by atoms with Crippen LogP contribution in [0.2, 0.25) is 0 Å². The molecule has 2 aromatic rings. The van der Waals surface area contributed by atoms with Crippen LogP contribution in [0.4, 0.5) is 5.69 Å². The van der Waals surface area contributed by atoms with Crippen LogP contribution in [0.25, 0.3) is 0 Å². The number of ether oxygens (including phenoxy) is 1. The first-order chi connectivity index (χ1) is 9.13. The summed E-state index contributed by atoms with van der Waals surface area (Å²) in [6.07, 6.45) is 1.40. The van der Waals surface area contributed by atoms with Gasteiger partial charge in [0.15, 0.2) is 0 Å². The Morgan fingerprint density at radius 1 is 1.32 bits per heavy atom. The number of nitrogens with two attached hydrogens (primary N) is 2. The van der Waals surface area contributed by atoms with Crippen molar-refractivity contribution < 1.29 is 9.53 Å². The maximum Gasteiger partial charge on any atom is 0.252 e. The average Bonchev–Trinajstić information content (AvgIpc) is 2.41. The topological polar surface area (TPSA) is 115 Å². The van der Waals surface area contributed by atoms with E-state index in [9.17, 15) is 4.79 Å². The molecule has 1 amide bonds. The van der Waals surface area contributed by atoms with Gasteiger partial charge in [0.05, 0.1) is 11.1 Å². The second-order valence-electron chi connectivity index (χ2n) is 3.65. The highest BCUT2D eigenvalue weighted by atomic mass is 16.5. The Bertz CT molecular complexity index is 677. The van der Waals surface area contributed by atoms with Crippen molar-refractivity contribution in [3.8, 4) is 17.7 Å². The molecule has 6 heteroatoms. The molecule has 94 valence electrons. The zero-order chi connectivity index (χ0) is 13.8. The van der Waals surface area contributed by atoms with Crippen LogP contribution in [0.3, 0.4) is 0 Å². The van der Waals surface area contributed by atoms with Crippen molar-refractivity contribution in [2.45, 2.75) is 0 Å². The van der Waals surface area contributed by atoms with E-state index in [-0.39, 0.29) is 28.4 Å². The first-order valence-corrected chi connectivity index (χ1v) is 5.34. The first kappa shape index (κ1) is 12.4. The van der Waals surface area contributed by atoms with Gasteiger partial charge in [-0.25, -0.2) is 4.98 Å². The molecule has 0 aliphatic heterocycles. The molecular formula is C13H10N4O2. The lowest BCUT2D eigenvalue weighted by molar-refractivity contribution is 0.0998. The third kappa shape index (κ3) is 2.45. The Labute approximate surface area is 109 Å². The second kappa shape index (κ2) is 5.06. The highest BCUT2D eigenvalue weighted by Crippen LogP contribution is 2.29. The number of nitrogens with zero attached hydrogens (tertiary/aromatic N) is 2. The number of rotatable bonds is 3. The highest BCUT2D eigenvalue weighted by molar-refractivity contribution is 5.95. The summed E-state index contributed by atoms with van der Waals surface area (Å²) in [7, 11) is 0. The van der Waals surface area contributed by atoms with Gasteiger partial charge in [-0.3, -0.25) is 4.79 Å². The Kier molecular flexibility index (Phi) is 3.30. The van der Waals surface area contributed by atoms with Crippen LogP contribution >= 0.6 is 0 Å². The van der Waals surface area contributed by atoms with Crippen molar-refractivity contribution in [1.29, 1.82) is 5.26 Å². The van der Waals surface area contributed by atoms with Crippen molar-refractivity contribution in [1.82, 2.24) is 4.98 Å². The molecule has 0 fully saturated rings. The number of hydrogen-bond acceptors (Lipinski definition) is 5. The monoisotopic (exact) mass is 254 g/mol. The number of nitrogen functional groups attached to an aromatic ring is 1. The number of benzene rings is 1. The fourth-order valence-corrected chi connectivity index (χ4v) is 1.50. The molecule has 19 heavy (non-hydrogen) atoms. The van der Waals surface area contributed by atoms with Crippen molar-refractivity contribution in [2.75, 3.05) is 5.73 Å². The minimum Gasteiger partial charge on any atom is -0.436 e. The minimum absolute atomic E-state index is 0.0627. The number of carbonyl (C=O) groups is 1. The molecule has 0 aliphatic carbocycles. The van der Waals surface area contributed by atoms with Crippen LogP contribution in [0.15, 0.2) is 36.5 Å². The summed E-state index contributed by atoms with van der Waals surface area (Å²) in [6.45, 7) is 0. The number of pyridine rings is 1. The Morgan fingerprint density at radius 3 is 2.74 bits per heavy atom. The highest BCUT2D eigenvalue weighted by Gasteiger charge is 2.13. The zero-order valence-electron chi connectivity index (χ0n) is 9.83. The van der Waals surface area contributed by atoms with Crippen LogP contribution in [-0.2, 0) is 0 Å². The van der Waals surface area contributed by atoms with Crippen molar-refractivity contribution in [3.05, 3.63) is 47.7 Å². The number of nitriles is 1. The summed E-state index contributed by atoms with van der Waals surface area (Å²) in [5.74, 6) is -0.317. The third-order valence-electron chi connectivity index (χ3n) is 2.43. The molecule has 0 saturated heterocycles. The predicted octanol–water partition coefficient (Wildman–Crippen LogP) is 1.43. The summed E-state index contributed by atoms with van der Waals surface area (Å²) in [4.78, 5) is 15.2. The molecule has 0 spiro atoms. The predicted molar refractivity (Wildman–Crippen MR) is 68.4 cm³/mol. The van der Waals surface area contributed by atoms with E-state index < -0.39 is 5.91 Å². The first-order valence-electron chi connectivity index (χ1n) is 5.34. The average molecular weight is 254 g/mol. The van der Waals surface area contributed by atoms with E-state index in [0.29, 0.717) is 0 Å². The van der Waals surface area contributed by atoms with Crippen molar-refractivity contribution in [3.63, 3.8) is 0 Å². The summed E-state index contributed by atoms with van der Waals surface area (Å²) >= 11 is 0. The molecule has 1 aromatic heterocycles. The number of carbonyl (C=O) groups excluding carboxylic acids is 1. The maximum absolute atomic E-state index is 11.3. The Morgan fingerprint density at radius 2 is 2.05 bits per heavy atom. The van der Waals surface area contributed by atoms with Gasteiger partial charge in [-0.2, -0.15) is 5.26 Å². The van der Waals surface area contributed by atoms with Crippen LogP contribution in [0, 0.1) is 11.3 Å². The number of amides is 1. The fourth-order valence-electron chi connectivity index (χ4n) is 1.50. The van der Waals surface area contributed by atoms with Crippen LogP contribution in [0.1, 0.15) is 15.9 Å². The standard InChI is InChI=1S/C13H10N4O2/c14-7-8-5-6-17-13(11(8)15)19-10-4-2-1-3-9(10)12(16)18/h1-6H,15H2,(H2,16,18). The lowest BCUT2D eigenvalue weighted by Gasteiger charge is -2.10. The molecule has 0 radical (unpaired) electrons. The van der Waals surface area contributed by atoms with E-state index in [1.54, 1.807) is 18.2 Å². The lowest BCUT2D eigenvalue weighted by atomic mass is 10.2. The van der Waals surface area contributed by atoms with Crippen molar-refractivity contribution in [2.24, 2.45) is 5.73 Å². The smallest absolute Gasteiger partial charge is 0.252 e. The molecule has 2 rings (SSSR count). The molecule has 0 unspecified atom stereocenters. The van der Waals surface area contributed by atoms with Gasteiger partial charge in [-0.05, 0) is 18.2 Å². The quantitative estimate of drug-likeness (QED) is 0.859. The second-order valence-corrected chi connectivity index (χ2v) is 3.65. The summed E-state index contributed by atoms with van der Waals surface area (Å²) in [5, 5.41) is 8.86. The molecule has 1 aromatic carbocycles. The third-order valence-corrected chi connectivity index (χ3v) is 2.43. The number of anilines is 1. The molecular weight excluding hydrogens is 244 g/mol. The van der Waals surface area contributed by atoms with Crippen LogP contribution in [-0.4, -0.2) is 10.9 Å². The molecule has 1 heterocycles. The Hall–Kier alpha value is -3.07. The van der Waals surface area contributed by atoms with E-state index in [0.717, 1.165) is 0 Å². The normalized spacial score (nSPS) is 9.63. The Balaban J connectivity index is 2.43. The van der Waals surface area contributed by atoms with Gasteiger partial charge in [-0.1, -0.05) is 12.1 Å². The molecule has 0 saturated carbocycles. The zero-order valence-corrected chi connectivity index (χ0v) is 9.83. The summed E-state index contributed by atoms with van der Waals surface area (Å²) in [5.41, 5.74) is 11.6. The molecule has 0 bridgehead atoms. The van der Waals surface area contributed by atoms with Gasteiger partial charge in [0, 0.05) is 6.20 Å². The molecule has 4 N–H and O–H groups in total.